The Morgan fingerprint density at radius 1 is 0.514 bits per heavy atom. The van der Waals surface area contributed by atoms with E-state index >= 15 is 0 Å². The summed E-state index contributed by atoms with van der Waals surface area (Å²) in [7, 11) is 0. The summed E-state index contributed by atoms with van der Waals surface area (Å²) < 4.78 is 11.7. The van der Waals surface area contributed by atoms with Crippen molar-refractivity contribution in [1.29, 1.82) is 0 Å². The van der Waals surface area contributed by atoms with Gasteiger partial charge >= 0.3 is 0 Å². The molecule has 194 valence electrons. The van der Waals surface area contributed by atoms with Crippen LogP contribution in [0.4, 0.5) is 11.4 Å². The third kappa shape index (κ3) is 15.0. The molecule has 0 amide bonds. The van der Waals surface area contributed by atoms with Crippen molar-refractivity contribution in [3.63, 3.8) is 0 Å². The molecule has 0 heterocycles. The maximum atomic E-state index is 5.87. The summed E-state index contributed by atoms with van der Waals surface area (Å²) in [5, 5.41) is 9.82. The summed E-state index contributed by atoms with van der Waals surface area (Å²) in [5.74, 6) is 1.79. The first-order valence-corrected chi connectivity index (χ1v) is 14.9. The molecule has 0 saturated heterocycles. The molecule has 0 saturated carbocycles. The fourth-order valence-corrected chi connectivity index (χ4v) is 4.25. The number of hydrogen-bond acceptors (Lipinski definition) is 4. The molecule has 2 rings (SSSR count). The smallest absolute Gasteiger partial charge is 0.119 e. The molecule has 5 heteroatoms. The second-order valence-electron chi connectivity index (χ2n) is 9.17. The van der Waals surface area contributed by atoms with E-state index in [-0.39, 0.29) is 0 Å². The van der Waals surface area contributed by atoms with Gasteiger partial charge in [0.25, 0.3) is 0 Å². The van der Waals surface area contributed by atoms with Crippen molar-refractivity contribution in [3.8, 4) is 11.5 Å². The fraction of sp³-hybridized carbons (Fsp3) is 0.600. The van der Waals surface area contributed by atoms with E-state index in [0.717, 1.165) is 54.3 Å². The number of rotatable bonds is 21. The van der Waals surface area contributed by atoms with Gasteiger partial charge in [-0.2, -0.15) is 10.2 Å². The molecule has 0 aliphatic rings. The lowest BCUT2D eigenvalue weighted by molar-refractivity contribution is 0.304. The molecule has 0 spiro atoms. The number of unbranched alkanes of at least 4 members (excludes halogenated alkanes) is 12. The Kier molecular flexibility index (Phi) is 17.0. The molecule has 35 heavy (non-hydrogen) atoms. The van der Waals surface area contributed by atoms with Gasteiger partial charge < -0.3 is 9.47 Å². The molecule has 0 aliphatic carbocycles. The van der Waals surface area contributed by atoms with E-state index in [9.17, 15) is 0 Å². The van der Waals surface area contributed by atoms with E-state index in [1.54, 1.807) is 0 Å². The molecular formula is C30H45BrN2O2. The summed E-state index contributed by atoms with van der Waals surface area (Å²) >= 11 is 3.49. The van der Waals surface area contributed by atoms with Crippen LogP contribution >= 0.6 is 15.9 Å². The zero-order valence-corrected chi connectivity index (χ0v) is 23.3. The van der Waals surface area contributed by atoms with Crippen molar-refractivity contribution >= 4 is 27.3 Å². The number of nitrogens with zero attached hydrogens (tertiary/aromatic N) is 2. The van der Waals surface area contributed by atoms with Crippen LogP contribution in [0.2, 0.25) is 0 Å². The van der Waals surface area contributed by atoms with Gasteiger partial charge in [-0.05, 0) is 67.8 Å². The Hall–Kier alpha value is -1.88. The number of benzene rings is 2. The predicted octanol–water partition coefficient (Wildman–Crippen LogP) is 10.7. The van der Waals surface area contributed by atoms with Gasteiger partial charge in [-0.1, -0.05) is 93.5 Å². The van der Waals surface area contributed by atoms with Gasteiger partial charge in [0.2, 0.25) is 0 Å². The third-order valence-corrected chi connectivity index (χ3v) is 6.58. The number of hydrogen-bond donors (Lipinski definition) is 0. The van der Waals surface area contributed by atoms with Crippen molar-refractivity contribution in [2.75, 3.05) is 18.5 Å². The van der Waals surface area contributed by atoms with Crippen molar-refractivity contribution in [2.45, 2.75) is 96.8 Å². The van der Waals surface area contributed by atoms with Crippen LogP contribution in [0.15, 0.2) is 58.8 Å². The highest BCUT2D eigenvalue weighted by Crippen LogP contribution is 2.23. The number of ether oxygens (including phenoxy) is 2. The van der Waals surface area contributed by atoms with Gasteiger partial charge in [-0.25, -0.2) is 0 Å². The summed E-state index contributed by atoms with van der Waals surface area (Å²) in [6, 6.07) is 15.7. The highest BCUT2D eigenvalue weighted by molar-refractivity contribution is 9.09. The minimum absolute atomic E-state index is 0.776. The lowest BCUT2D eigenvalue weighted by atomic mass is 10.1. The van der Waals surface area contributed by atoms with Crippen molar-refractivity contribution in [2.24, 2.45) is 10.2 Å². The first-order valence-electron chi connectivity index (χ1n) is 13.7. The molecule has 0 bridgehead atoms. The predicted molar refractivity (Wildman–Crippen MR) is 152 cm³/mol. The van der Waals surface area contributed by atoms with E-state index in [1.165, 1.54) is 77.0 Å². The SMILES string of the molecule is CCCCCCCCOc1ccc(/N=N/c2ccc(OCCCCCCCCCCBr)cc2)cc1. The monoisotopic (exact) mass is 544 g/mol. The molecule has 0 N–H and O–H groups in total. The summed E-state index contributed by atoms with van der Waals surface area (Å²) in [6.07, 6.45) is 18.0. The molecule has 4 nitrogen and oxygen atoms in total. The van der Waals surface area contributed by atoms with Gasteiger partial charge in [-0.3, -0.25) is 0 Å². The second kappa shape index (κ2) is 20.3. The van der Waals surface area contributed by atoms with E-state index in [4.69, 9.17) is 9.47 Å². The van der Waals surface area contributed by atoms with Crippen LogP contribution in [0.5, 0.6) is 11.5 Å². The van der Waals surface area contributed by atoms with Crippen LogP contribution in [0.3, 0.4) is 0 Å². The molecular weight excluding hydrogens is 500 g/mol. The average Bonchev–Trinajstić information content (AvgIpc) is 2.89. The van der Waals surface area contributed by atoms with Gasteiger partial charge in [0, 0.05) is 5.33 Å². The van der Waals surface area contributed by atoms with Crippen LogP contribution in [0.1, 0.15) is 96.8 Å². The Morgan fingerprint density at radius 2 is 0.886 bits per heavy atom. The summed E-state index contributed by atoms with van der Waals surface area (Å²) in [5.41, 5.74) is 1.64. The van der Waals surface area contributed by atoms with Gasteiger partial charge in [0.1, 0.15) is 11.5 Å². The Morgan fingerprint density at radius 3 is 1.29 bits per heavy atom. The maximum Gasteiger partial charge on any atom is 0.119 e. The van der Waals surface area contributed by atoms with E-state index in [1.807, 2.05) is 48.5 Å². The van der Waals surface area contributed by atoms with E-state index < -0.39 is 0 Å². The first kappa shape index (κ1) is 29.4. The van der Waals surface area contributed by atoms with Gasteiger partial charge in [0.05, 0.1) is 24.6 Å². The molecule has 0 fully saturated rings. The zero-order valence-electron chi connectivity index (χ0n) is 21.7. The average molecular weight is 546 g/mol. The molecule has 0 radical (unpaired) electrons. The Balaban J connectivity index is 1.57. The Bertz CT molecular complexity index is 778. The molecule has 0 aliphatic heterocycles. The topological polar surface area (TPSA) is 43.2 Å². The fourth-order valence-electron chi connectivity index (χ4n) is 3.85. The zero-order chi connectivity index (χ0) is 24.8. The van der Waals surface area contributed by atoms with Crippen molar-refractivity contribution in [3.05, 3.63) is 48.5 Å². The minimum Gasteiger partial charge on any atom is -0.494 e. The van der Waals surface area contributed by atoms with Crippen LogP contribution in [-0.2, 0) is 0 Å². The third-order valence-electron chi connectivity index (χ3n) is 6.02. The van der Waals surface area contributed by atoms with Crippen LogP contribution in [0.25, 0.3) is 0 Å². The van der Waals surface area contributed by atoms with Crippen LogP contribution in [-0.4, -0.2) is 18.5 Å². The largest absolute Gasteiger partial charge is 0.494 e. The van der Waals surface area contributed by atoms with Gasteiger partial charge in [-0.15, -0.1) is 0 Å². The van der Waals surface area contributed by atoms with Crippen molar-refractivity contribution < 1.29 is 9.47 Å². The molecule has 0 aromatic heterocycles. The lowest BCUT2D eigenvalue weighted by Crippen LogP contribution is -1.97. The first-order chi connectivity index (χ1) is 17.3. The standard InChI is InChI=1S/C30H45BrN2O2/c1-2-3-4-5-11-14-25-34-29-20-16-27(17-21-29)32-33-28-18-22-30(23-19-28)35-26-15-12-9-7-6-8-10-13-24-31/h16-23H,2-15,24-26H2,1H3/b33-32+. The quantitative estimate of drug-likeness (QED) is 0.0889. The van der Waals surface area contributed by atoms with E-state index in [2.05, 4.69) is 33.1 Å². The highest BCUT2D eigenvalue weighted by atomic mass is 79.9. The normalized spacial score (nSPS) is 11.3. The molecule has 0 unspecified atom stereocenters. The molecule has 2 aromatic carbocycles. The van der Waals surface area contributed by atoms with Crippen LogP contribution < -0.4 is 9.47 Å². The molecule has 2 aromatic rings. The number of azo groups is 1. The minimum atomic E-state index is 0.776. The van der Waals surface area contributed by atoms with Gasteiger partial charge in [0.15, 0.2) is 0 Å². The number of alkyl halides is 1. The molecule has 0 atom stereocenters. The summed E-state index contributed by atoms with van der Waals surface area (Å²) in [6.45, 7) is 3.80. The summed E-state index contributed by atoms with van der Waals surface area (Å²) in [4.78, 5) is 0. The second-order valence-corrected chi connectivity index (χ2v) is 9.96. The maximum absolute atomic E-state index is 5.87. The Labute approximate surface area is 222 Å². The lowest BCUT2D eigenvalue weighted by Gasteiger charge is -2.06. The van der Waals surface area contributed by atoms with E-state index in [0.29, 0.717) is 0 Å². The van der Waals surface area contributed by atoms with Crippen molar-refractivity contribution in [1.82, 2.24) is 0 Å². The highest BCUT2D eigenvalue weighted by Gasteiger charge is 1.98. The van der Waals surface area contributed by atoms with Crippen LogP contribution in [0, 0.1) is 0 Å². The number of halogens is 1.